The maximum Gasteiger partial charge on any atom is 0.255 e. The highest BCUT2D eigenvalue weighted by Gasteiger charge is 2.68. The second kappa shape index (κ2) is 7.16. The summed E-state index contributed by atoms with van der Waals surface area (Å²) in [5.41, 5.74) is 0.634. The Bertz CT molecular complexity index is 1230. The number of ketones is 2. The van der Waals surface area contributed by atoms with E-state index in [0.717, 1.165) is 0 Å². The Hall–Kier alpha value is -3.18. The zero-order valence-electron chi connectivity index (χ0n) is 17.5. The molecule has 33 heavy (non-hydrogen) atoms. The number of fused-ring (bicyclic) bond motifs is 3. The van der Waals surface area contributed by atoms with E-state index in [1.165, 1.54) is 31.1 Å². The van der Waals surface area contributed by atoms with Crippen molar-refractivity contribution in [1.82, 2.24) is 4.90 Å². The third-order valence-corrected chi connectivity index (χ3v) is 6.99. The van der Waals surface area contributed by atoms with E-state index < -0.39 is 75.5 Å². The van der Waals surface area contributed by atoms with Gasteiger partial charge in [0.05, 0.1) is 29.2 Å². The number of hydrogen-bond acceptors (Lipinski definition) is 9. The molecule has 11 heteroatoms. The maximum atomic E-state index is 13.7. The third-order valence-electron chi connectivity index (χ3n) is 6.67. The van der Waals surface area contributed by atoms with E-state index in [0.29, 0.717) is 0 Å². The first kappa shape index (κ1) is 23.0. The van der Waals surface area contributed by atoms with Gasteiger partial charge in [-0.3, -0.25) is 19.3 Å². The lowest BCUT2D eigenvalue weighted by molar-refractivity contribution is -0.166. The molecule has 174 valence electrons. The molecule has 0 heterocycles. The lowest BCUT2D eigenvalue weighted by atomic mass is 9.55. The predicted molar refractivity (Wildman–Crippen MR) is 116 cm³/mol. The van der Waals surface area contributed by atoms with Crippen LogP contribution in [0.4, 0.5) is 0 Å². The molecule has 1 aromatic carbocycles. The van der Waals surface area contributed by atoms with Crippen molar-refractivity contribution < 1.29 is 39.9 Å². The summed E-state index contributed by atoms with van der Waals surface area (Å²) in [6, 6.07) is 1.08. The van der Waals surface area contributed by atoms with Gasteiger partial charge < -0.3 is 31.3 Å². The molecule has 1 amide bonds. The monoisotopic (exact) mass is 476 g/mol. The molecule has 1 aromatic rings. The third kappa shape index (κ3) is 2.69. The lowest BCUT2D eigenvalue weighted by Crippen LogP contribution is -2.70. The summed E-state index contributed by atoms with van der Waals surface area (Å²) >= 11 is 6.25. The predicted octanol–water partition coefficient (Wildman–Crippen LogP) is 0.0589. The molecule has 1 saturated carbocycles. The number of aromatic hydroxyl groups is 1. The Labute approximate surface area is 192 Å². The highest BCUT2D eigenvalue weighted by molar-refractivity contribution is 6.33. The first-order valence-corrected chi connectivity index (χ1v) is 10.2. The van der Waals surface area contributed by atoms with E-state index in [1.54, 1.807) is 0 Å². The van der Waals surface area contributed by atoms with Crippen molar-refractivity contribution in [2.75, 3.05) is 14.1 Å². The summed E-state index contributed by atoms with van der Waals surface area (Å²) in [7, 11) is 2.84. The number of primary amides is 1. The zero-order valence-corrected chi connectivity index (χ0v) is 18.3. The number of carbonyl (C=O) groups is 3. The van der Waals surface area contributed by atoms with Crippen LogP contribution in [0.5, 0.6) is 5.75 Å². The summed E-state index contributed by atoms with van der Waals surface area (Å²) < 4.78 is 0. The number of phenols is 1. The number of aliphatic hydroxyl groups is 4. The minimum absolute atomic E-state index is 0.0516. The Morgan fingerprint density at radius 3 is 2.33 bits per heavy atom. The normalized spacial score (nSPS) is 31.5. The Morgan fingerprint density at radius 2 is 1.79 bits per heavy atom. The highest BCUT2D eigenvalue weighted by Crippen LogP contribution is 2.56. The summed E-state index contributed by atoms with van der Waals surface area (Å²) in [5, 5.41) is 55.0. The number of hydrogen-bond donors (Lipinski definition) is 6. The first-order chi connectivity index (χ1) is 15.3. The molecule has 10 nitrogen and oxygen atoms in total. The van der Waals surface area contributed by atoms with Gasteiger partial charge in [-0.25, -0.2) is 0 Å². The quantitative estimate of drug-likeness (QED) is 0.321. The number of aliphatic hydroxyl groups excluding tert-OH is 3. The van der Waals surface area contributed by atoms with Crippen molar-refractivity contribution >= 4 is 40.4 Å². The summed E-state index contributed by atoms with van der Waals surface area (Å²) in [6.45, 7) is 3.89. The minimum atomic E-state index is -2.97. The molecule has 0 bridgehead atoms. The molecular formula is C22H21ClN2O8. The fraction of sp³-hybridized carbons (Fsp3) is 0.318. The molecule has 4 rings (SSSR count). The number of amides is 1. The number of likely N-dealkylation sites (N-methyl/N-ethyl adjacent to an activating group) is 1. The van der Waals surface area contributed by atoms with Crippen LogP contribution in [-0.2, 0) is 14.4 Å². The van der Waals surface area contributed by atoms with Gasteiger partial charge in [-0.2, -0.15) is 0 Å². The number of nitrogens with two attached hydrogens (primary N) is 1. The van der Waals surface area contributed by atoms with Crippen LogP contribution in [0.3, 0.4) is 0 Å². The molecule has 3 aliphatic carbocycles. The Morgan fingerprint density at radius 1 is 1.18 bits per heavy atom. The number of nitrogens with zero attached hydrogens (tertiary/aromatic N) is 1. The second-order valence-electron chi connectivity index (χ2n) is 8.55. The summed E-state index contributed by atoms with van der Waals surface area (Å²) in [4.78, 5) is 39.9. The largest absolute Gasteiger partial charge is 0.508 e. The molecule has 0 spiro atoms. The van der Waals surface area contributed by atoms with Crippen molar-refractivity contribution in [2.24, 2.45) is 17.6 Å². The molecule has 0 aromatic heterocycles. The average Bonchev–Trinajstić information content (AvgIpc) is 2.72. The molecular weight excluding hydrogens is 456 g/mol. The SMILES string of the molecule is C=C1c2c(Cl)ccc(O)c2C(O)=C2C(=O)[C@]3(O)C(O)=C(C(N)=O)C(=O)[C@@H](N(C)C)[C@@H]3[C@@H](O)[C@H]12. The molecule has 7 N–H and O–H groups in total. The molecule has 3 aliphatic rings. The zero-order chi connectivity index (χ0) is 24.7. The van der Waals surface area contributed by atoms with E-state index in [2.05, 4.69) is 6.58 Å². The number of carbonyl (C=O) groups excluding carboxylic acids is 3. The Balaban J connectivity index is 2.10. The smallest absolute Gasteiger partial charge is 0.255 e. The minimum Gasteiger partial charge on any atom is -0.508 e. The van der Waals surface area contributed by atoms with Crippen LogP contribution in [0.1, 0.15) is 11.1 Å². The van der Waals surface area contributed by atoms with Crippen molar-refractivity contribution in [2.45, 2.75) is 17.7 Å². The number of phenolic OH excluding ortho intramolecular Hbond substituents is 1. The lowest BCUT2D eigenvalue weighted by Gasteiger charge is -2.52. The fourth-order valence-electron chi connectivity index (χ4n) is 5.26. The van der Waals surface area contributed by atoms with Gasteiger partial charge in [-0.05, 0) is 31.8 Å². The fourth-order valence-corrected chi connectivity index (χ4v) is 5.54. The van der Waals surface area contributed by atoms with Gasteiger partial charge in [0.1, 0.15) is 22.8 Å². The van der Waals surface area contributed by atoms with E-state index in [1.807, 2.05) is 0 Å². The van der Waals surface area contributed by atoms with Gasteiger partial charge >= 0.3 is 0 Å². The van der Waals surface area contributed by atoms with Gasteiger partial charge in [0.2, 0.25) is 5.78 Å². The molecule has 1 fully saturated rings. The van der Waals surface area contributed by atoms with Crippen molar-refractivity contribution in [3.63, 3.8) is 0 Å². The topological polar surface area (TPSA) is 182 Å². The van der Waals surface area contributed by atoms with Crippen LogP contribution in [0, 0.1) is 11.8 Å². The maximum absolute atomic E-state index is 13.7. The van der Waals surface area contributed by atoms with Crippen LogP contribution in [0.15, 0.2) is 35.6 Å². The number of halogens is 1. The van der Waals surface area contributed by atoms with Crippen molar-refractivity contribution in [3.8, 4) is 5.75 Å². The molecule has 0 radical (unpaired) electrons. The van der Waals surface area contributed by atoms with Crippen LogP contribution in [-0.4, -0.2) is 79.7 Å². The number of Topliss-reactive ketones (excluding diaryl/α,β-unsaturated/α-hetero) is 2. The first-order valence-electron chi connectivity index (χ1n) is 9.81. The number of rotatable bonds is 2. The van der Waals surface area contributed by atoms with Crippen LogP contribution >= 0.6 is 11.6 Å². The molecule has 0 saturated heterocycles. The van der Waals surface area contributed by atoms with Gasteiger partial charge in [-0.1, -0.05) is 18.2 Å². The van der Waals surface area contributed by atoms with Crippen LogP contribution in [0.2, 0.25) is 5.02 Å². The van der Waals surface area contributed by atoms with Gasteiger partial charge in [-0.15, -0.1) is 0 Å². The van der Waals surface area contributed by atoms with Crippen LogP contribution in [0.25, 0.3) is 11.3 Å². The second-order valence-corrected chi connectivity index (χ2v) is 8.96. The van der Waals surface area contributed by atoms with Gasteiger partial charge in [0.15, 0.2) is 11.4 Å². The van der Waals surface area contributed by atoms with E-state index in [9.17, 15) is 39.9 Å². The van der Waals surface area contributed by atoms with Gasteiger partial charge in [0, 0.05) is 16.5 Å². The van der Waals surface area contributed by atoms with Crippen molar-refractivity contribution in [3.05, 3.63) is 51.8 Å². The average molecular weight is 477 g/mol. The molecule has 5 atom stereocenters. The summed E-state index contributed by atoms with van der Waals surface area (Å²) in [5.74, 6) is -9.18. The summed E-state index contributed by atoms with van der Waals surface area (Å²) in [6.07, 6.45) is -1.75. The van der Waals surface area contributed by atoms with Crippen molar-refractivity contribution in [1.29, 1.82) is 0 Å². The highest BCUT2D eigenvalue weighted by atomic mass is 35.5. The van der Waals surface area contributed by atoms with E-state index >= 15 is 0 Å². The van der Waals surface area contributed by atoms with E-state index in [-0.39, 0.29) is 21.7 Å². The van der Waals surface area contributed by atoms with Gasteiger partial charge in [0.25, 0.3) is 5.91 Å². The van der Waals surface area contributed by atoms with E-state index in [4.69, 9.17) is 17.3 Å². The molecule has 0 aliphatic heterocycles. The standard InChI is InChI=1S/C22H21ClN2O8/c1-6-9-7(23)4-5-8(26)11(9)16(27)12-10(6)17(28)14-15(25(2)3)18(29)13(21(24)32)20(31)22(14,33)19(12)30/h4-5,10,14-15,17,26-28,31,33H,1H2,2-3H3,(H2,24,32)/t10-,14-,15+,17+,22+/m1/s1. The molecule has 0 unspecified atom stereocenters. The van der Waals surface area contributed by atoms with Crippen LogP contribution < -0.4 is 5.73 Å². The Kier molecular flexibility index (Phi) is 4.99. The number of benzene rings is 1.